The molecule has 0 spiro atoms. The van der Waals surface area contributed by atoms with Crippen molar-refractivity contribution in [2.45, 2.75) is 26.6 Å². The van der Waals surface area contributed by atoms with Crippen molar-refractivity contribution < 1.29 is 13.2 Å². The summed E-state index contributed by atoms with van der Waals surface area (Å²) in [6.07, 6.45) is -4.50. The fraction of sp³-hybridized carbons (Fsp3) is 0.154. The lowest BCUT2D eigenvalue weighted by Crippen LogP contribution is -2.38. The molecule has 0 amide bonds. The topological polar surface area (TPSA) is 44.0 Å². The number of hydrogen-bond donors (Lipinski definition) is 0. The maximum Gasteiger partial charge on any atom is 0.416 e. The molecule has 0 atom stereocenters. The van der Waals surface area contributed by atoms with E-state index in [0.29, 0.717) is 21.5 Å². The highest BCUT2D eigenvalue weighted by Gasteiger charge is 2.30. The smallest absolute Gasteiger partial charge is 0.287 e. The number of aryl methyl sites for hydroxylation is 2. The van der Waals surface area contributed by atoms with Crippen LogP contribution in [0.4, 0.5) is 13.2 Å². The van der Waals surface area contributed by atoms with Crippen LogP contribution in [0.1, 0.15) is 22.3 Å². The molecule has 0 unspecified atom stereocenters. The van der Waals surface area contributed by atoms with Crippen molar-refractivity contribution in [1.82, 2.24) is 9.13 Å². The molecule has 0 aliphatic carbocycles. The summed E-state index contributed by atoms with van der Waals surface area (Å²) in [5, 5.41) is 0.718. The SMILES string of the molecule is Cc1ccc(-n2c(=O)c3sc4ccccc4c3n(Cc3cccc(C(F)(F)F)c3)c2=O)cc1C. The molecule has 0 aliphatic heterocycles. The van der Waals surface area contributed by atoms with Gasteiger partial charge in [-0.3, -0.25) is 9.36 Å². The zero-order valence-corrected chi connectivity index (χ0v) is 19.1. The number of alkyl halides is 3. The lowest BCUT2D eigenvalue weighted by molar-refractivity contribution is -0.137. The standard InChI is InChI=1S/C26H19F3N2O2S/c1-15-10-11-19(12-16(15)2)31-24(32)23-22(20-8-3-4-9-21(20)34-23)30(25(31)33)14-17-6-5-7-18(13-17)26(27,28)29/h3-13H,14H2,1-2H3. The molecule has 8 heteroatoms. The van der Waals surface area contributed by atoms with E-state index >= 15 is 0 Å². The first kappa shape index (κ1) is 22.2. The van der Waals surface area contributed by atoms with Gasteiger partial charge in [-0.1, -0.05) is 36.4 Å². The fourth-order valence-corrected chi connectivity index (χ4v) is 5.25. The summed E-state index contributed by atoms with van der Waals surface area (Å²) in [7, 11) is 0. The number of thiophene rings is 1. The van der Waals surface area contributed by atoms with Crippen LogP contribution < -0.4 is 11.2 Å². The monoisotopic (exact) mass is 480 g/mol. The Balaban J connectivity index is 1.83. The highest BCUT2D eigenvalue weighted by molar-refractivity contribution is 7.25. The fourth-order valence-electron chi connectivity index (χ4n) is 4.12. The summed E-state index contributed by atoms with van der Waals surface area (Å²) in [4.78, 5) is 27.3. The first-order valence-electron chi connectivity index (χ1n) is 10.6. The minimum absolute atomic E-state index is 0.106. The summed E-state index contributed by atoms with van der Waals surface area (Å²) < 4.78 is 43.6. The van der Waals surface area contributed by atoms with Crippen molar-refractivity contribution in [3.63, 3.8) is 0 Å². The molecule has 4 nitrogen and oxygen atoms in total. The van der Waals surface area contributed by atoms with Crippen LogP contribution in [0.2, 0.25) is 0 Å². The van der Waals surface area contributed by atoms with Crippen molar-refractivity contribution >= 4 is 31.6 Å². The Labute approximate surface area is 196 Å². The predicted octanol–water partition coefficient (Wildman–Crippen LogP) is 6.05. The number of fused-ring (bicyclic) bond motifs is 3. The Kier molecular flexibility index (Phi) is 5.20. The minimum atomic E-state index is -4.50. The van der Waals surface area contributed by atoms with E-state index in [4.69, 9.17) is 0 Å². The number of nitrogens with zero attached hydrogens (tertiary/aromatic N) is 2. The molecule has 0 saturated heterocycles. The van der Waals surface area contributed by atoms with E-state index in [2.05, 4.69) is 0 Å². The number of halogens is 3. The van der Waals surface area contributed by atoms with Crippen molar-refractivity contribution in [3.05, 3.63) is 110 Å². The molecule has 0 saturated carbocycles. The van der Waals surface area contributed by atoms with Crippen LogP contribution >= 0.6 is 11.3 Å². The molecule has 0 fully saturated rings. The molecule has 0 bridgehead atoms. The lowest BCUT2D eigenvalue weighted by Gasteiger charge is -2.15. The second-order valence-electron chi connectivity index (χ2n) is 8.25. The zero-order chi connectivity index (χ0) is 24.2. The van der Waals surface area contributed by atoms with Gasteiger partial charge in [0.15, 0.2) is 0 Å². The first-order chi connectivity index (χ1) is 16.1. The highest BCUT2D eigenvalue weighted by Crippen LogP contribution is 2.32. The Morgan fingerprint density at radius 2 is 1.65 bits per heavy atom. The summed E-state index contributed by atoms with van der Waals surface area (Å²) in [5.74, 6) is 0. The number of rotatable bonds is 3. The van der Waals surface area contributed by atoms with E-state index in [1.165, 1.54) is 22.0 Å². The van der Waals surface area contributed by atoms with Gasteiger partial charge in [0.05, 0.1) is 23.3 Å². The summed E-state index contributed by atoms with van der Waals surface area (Å²) in [6.45, 7) is 3.72. The molecule has 5 rings (SSSR count). The Hall–Kier alpha value is -3.65. The Morgan fingerprint density at radius 1 is 0.882 bits per heavy atom. The molecule has 2 heterocycles. The van der Waals surface area contributed by atoms with E-state index in [1.807, 2.05) is 44.2 Å². The summed E-state index contributed by atoms with van der Waals surface area (Å²) in [5.41, 5.74) is 1.30. The average molecular weight is 481 g/mol. The van der Waals surface area contributed by atoms with Crippen LogP contribution in [-0.2, 0) is 12.7 Å². The Morgan fingerprint density at radius 3 is 2.38 bits per heavy atom. The van der Waals surface area contributed by atoms with Crippen LogP contribution in [0.15, 0.2) is 76.3 Å². The molecule has 172 valence electrons. The van der Waals surface area contributed by atoms with Crippen LogP contribution in [0, 0.1) is 13.8 Å². The average Bonchev–Trinajstić information content (AvgIpc) is 3.19. The highest BCUT2D eigenvalue weighted by atomic mass is 32.1. The van der Waals surface area contributed by atoms with Crippen LogP contribution in [0.3, 0.4) is 0 Å². The molecule has 34 heavy (non-hydrogen) atoms. The van der Waals surface area contributed by atoms with Gasteiger partial charge in [0.25, 0.3) is 5.56 Å². The van der Waals surface area contributed by atoms with Gasteiger partial charge in [0, 0.05) is 10.1 Å². The van der Waals surface area contributed by atoms with Crippen molar-refractivity contribution in [2.75, 3.05) is 0 Å². The quantitative estimate of drug-likeness (QED) is 0.316. The predicted molar refractivity (Wildman–Crippen MR) is 129 cm³/mol. The van der Waals surface area contributed by atoms with Crippen molar-refractivity contribution in [2.24, 2.45) is 0 Å². The lowest BCUT2D eigenvalue weighted by atomic mass is 10.1. The molecule has 0 radical (unpaired) electrons. The van der Waals surface area contributed by atoms with Gasteiger partial charge in [-0.15, -0.1) is 11.3 Å². The third kappa shape index (κ3) is 3.64. The van der Waals surface area contributed by atoms with E-state index in [9.17, 15) is 22.8 Å². The third-order valence-electron chi connectivity index (χ3n) is 6.00. The molecule has 0 aliphatic rings. The number of aromatic nitrogens is 2. The van der Waals surface area contributed by atoms with Gasteiger partial charge < -0.3 is 0 Å². The van der Waals surface area contributed by atoms with E-state index in [0.717, 1.165) is 37.9 Å². The molecule has 2 aromatic heterocycles. The minimum Gasteiger partial charge on any atom is -0.287 e. The molecular formula is C26H19F3N2O2S. The first-order valence-corrected chi connectivity index (χ1v) is 11.4. The second-order valence-corrected chi connectivity index (χ2v) is 9.30. The maximum absolute atomic E-state index is 13.7. The van der Waals surface area contributed by atoms with Gasteiger partial charge in [0.2, 0.25) is 0 Å². The van der Waals surface area contributed by atoms with Gasteiger partial charge in [0.1, 0.15) is 4.70 Å². The van der Waals surface area contributed by atoms with Crippen molar-refractivity contribution in [1.29, 1.82) is 0 Å². The number of benzene rings is 3. The summed E-state index contributed by atoms with van der Waals surface area (Å²) in [6, 6.07) is 17.6. The molecule has 3 aromatic carbocycles. The van der Waals surface area contributed by atoms with Gasteiger partial charge >= 0.3 is 11.9 Å². The maximum atomic E-state index is 13.7. The van der Waals surface area contributed by atoms with Crippen molar-refractivity contribution in [3.8, 4) is 5.69 Å². The van der Waals surface area contributed by atoms with Crippen LogP contribution in [-0.4, -0.2) is 9.13 Å². The van der Waals surface area contributed by atoms with Gasteiger partial charge in [-0.2, -0.15) is 13.2 Å². The van der Waals surface area contributed by atoms with E-state index < -0.39 is 23.0 Å². The molecule has 5 aromatic rings. The van der Waals surface area contributed by atoms with E-state index in [-0.39, 0.29) is 6.54 Å². The van der Waals surface area contributed by atoms with E-state index in [1.54, 1.807) is 18.2 Å². The summed E-state index contributed by atoms with van der Waals surface area (Å²) >= 11 is 1.27. The largest absolute Gasteiger partial charge is 0.416 e. The van der Waals surface area contributed by atoms with Crippen LogP contribution in [0.25, 0.3) is 26.0 Å². The normalized spacial score (nSPS) is 12.0. The zero-order valence-electron chi connectivity index (χ0n) is 18.3. The Bertz CT molecular complexity index is 1690. The molecule has 0 N–H and O–H groups in total. The second kappa shape index (κ2) is 7.99. The van der Waals surface area contributed by atoms with Gasteiger partial charge in [-0.05, 0) is 60.9 Å². The molecular weight excluding hydrogens is 461 g/mol. The van der Waals surface area contributed by atoms with Crippen LogP contribution in [0.5, 0.6) is 0 Å². The number of hydrogen-bond acceptors (Lipinski definition) is 3. The third-order valence-corrected chi connectivity index (χ3v) is 7.15. The van der Waals surface area contributed by atoms with Gasteiger partial charge in [-0.25, -0.2) is 9.36 Å².